The van der Waals surface area contributed by atoms with Gasteiger partial charge in [-0.25, -0.2) is 0 Å². The Balaban J connectivity index is 2.60. The van der Waals surface area contributed by atoms with Gasteiger partial charge in [0.15, 0.2) is 0 Å². The number of hydrogen-bond acceptors (Lipinski definition) is 4. The first-order valence-electron chi connectivity index (χ1n) is 5.37. The molecule has 1 aliphatic heterocycles. The third-order valence-electron chi connectivity index (χ3n) is 3.13. The van der Waals surface area contributed by atoms with E-state index in [0.29, 0.717) is 0 Å². The van der Waals surface area contributed by atoms with Crippen LogP contribution < -0.4 is 0 Å². The summed E-state index contributed by atoms with van der Waals surface area (Å²) in [4.78, 5) is 0. The van der Waals surface area contributed by atoms with E-state index < -0.39 is 17.3 Å². The summed E-state index contributed by atoms with van der Waals surface area (Å²) in [6, 6.07) is 0. The van der Waals surface area contributed by atoms with Crippen LogP contribution in [0.2, 0.25) is 0 Å². The second-order valence-electron chi connectivity index (χ2n) is 5.08. The van der Waals surface area contributed by atoms with Gasteiger partial charge in [0, 0.05) is 7.11 Å². The Labute approximate surface area is 91.2 Å². The lowest BCUT2D eigenvalue weighted by Crippen LogP contribution is -2.45. The molecule has 0 aliphatic carbocycles. The van der Waals surface area contributed by atoms with E-state index in [2.05, 4.69) is 0 Å². The summed E-state index contributed by atoms with van der Waals surface area (Å²) in [6.45, 7) is 5.58. The molecule has 0 aromatic rings. The van der Waals surface area contributed by atoms with Crippen LogP contribution in [0.4, 0.5) is 0 Å². The van der Waals surface area contributed by atoms with Gasteiger partial charge in [-0.15, -0.1) is 0 Å². The summed E-state index contributed by atoms with van der Waals surface area (Å²) in [6.07, 6.45) is 0.649. The number of aliphatic hydroxyl groups excluding tert-OH is 1. The van der Waals surface area contributed by atoms with E-state index >= 15 is 0 Å². The van der Waals surface area contributed by atoms with Gasteiger partial charge in [-0.3, -0.25) is 0 Å². The van der Waals surface area contributed by atoms with E-state index in [1.54, 1.807) is 21.0 Å². The van der Waals surface area contributed by atoms with Gasteiger partial charge < -0.3 is 19.7 Å². The van der Waals surface area contributed by atoms with Crippen molar-refractivity contribution in [2.24, 2.45) is 0 Å². The molecule has 4 heteroatoms. The zero-order chi connectivity index (χ0) is 11.7. The third-order valence-corrected chi connectivity index (χ3v) is 3.13. The molecule has 0 amide bonds. The van der Waals surface area contributed by atoms with Crippen molar-refractivity contribution in [1.29, 1.82) is 0 Å². The fraction of sp³-hybridized carbons (Fsp3) is 1.00. The maximum atomic E-state index is 9.86. The molecule has 2 N–H and O–H groups in total. The van der Waals surface area contributed by atoms with Crippen LogP contribution >= 0.6 is 0 Å². The van der Waals surface area contributed by atoms with Gasteiger partial charge in [0.1, 0.15) is 6.10 Å². The molecule has 0 aromatic heterocycles. The first-order valence-corrected chi connectivity index (χ1v) is 5.37. The number of hydrogen-bond donors (Lipinski definition) is 2. The predicted octanol–water partition coefficient (Wildman–Crippen LogP) is 0.702. The molecule has 15 heavy (non-hydrogen) atoms. The minimum Gasteiger partial charge on any atom is -0.388 e. The molecule has 0 saturated carbocycles. The normalized spacial score (nSPS) is 34.4. The molecule has 90 valence electrons. The Morgan fingerprint density at radius 1 is 1.60 bits per heavy atom. The Hall–Kier alpha value is -0.160. The van der Waals surface area contributed by atoms with Crippen molar-refractivity contribution < 1.29 is 19.7 Å². The maximum Gasteiger partial charge on any atom is 0.106 e. The van der Waals surface area contributed by atoms with Crippen LogP contribution in [-0.4, -0.2) is 47.3 Å². The summed E-state index contributed by atoms with van der Waals surface area (Å²) in [5.41, 5.74) is -1.45. The highest BCUT2D eigenvalue weighted by Gasteiger charge is 2.46. The standard InChI is InChI=1S/C11H22O4/c1-10(2,13)9-5-6-11(3,15-9)8(12)7-14-4/h8-9,12-13H,5-7H2,1-4H3. The Morgan fingerprint density at radius 2 is 2.20 bits per heavy atom. The highest BCUT2D eigenvalue weighted by molar-refractivity contribution is 4.95. The summed E-state index contributed by atoms with van der Waals surface area (Å²) < 4.78 is 10.7. The average Bonchev–Trinajstić information content (AvgIpc) is 2.49. The van der Waals surface area contributed by atoms with Gasteiger partial charge in [0.2, 0.25) is 0 Å². The fourth-order valence-corrected chi connectivity index (χ4v) is 1.94. The van der Waals surface area contributed by atoms with E-state index in [1.165, 1.54) is 0 Å². The van der Waals surface area contributed by atoms with Gasteiger partial charge in [0.25, 0.3) is 0 Å². The van der Waals surface area contributed by atoms with E-state index in [4.69, 9.17) is 9.47 Å². The van der Waals surface area contributed by atoms with Gasteiger partial charge in [-0.1, -0.05) is 0 Å². The molecule has 1 aliphatic rings. The van der Waals surface area contributed by atoms with Crippen LogP contribution in [0.3, 0.4) is 0 Å². The van der Waals surface area contributed by atoms with Gasteiger partial charge in [0.05, 0.1) is 23.9 Å². The largest absolute Gasteiger partial charge is 0.388 e. The minimum absolute atomic E-state index is 0.214. The summed E-state index contributed by atoms with van der Waals surface area (Å²) in [5.74, 6) is 0. The Bertz CT molecular complexity index is 211. The van der Waals surface area contributed by atoms with Crippen LogP contribution in [0.25, 0.3) is 0 Å². The van der Waals surface area contributed by atoms with E-state index in [0.717, 1.165) is 12.8 Å². The quantitative estimate of drug-likeness (QED) is 0.729. The first kappa shape index (κ1) is 12.9. The molecule has 1 fully saturated rings. The van der Waals surface area contributed by atoms with Crippen LogP contribution in [0.15, 0.2) is 0 Å². The van der Waals surface area contributed by atoms with Crippen molar-refractivity contribution in [1.82, 2.24) is 0 Å². The van der Waals surface area contributed by atoms with Crippen molar-refractivity contribution in [2.75, 3.05) is 13.7 Å². The lowest BCUT2D eigenvalue weighted by molar-refractivity contribution is -0.162. The first-order chi connectivity index (χ1) is 6.79. The van der Waals surface area contributed by atoms with Crippen molar-refractivity contribution in [3.8, 4) is 0 Å². The lowest BCUT2D eigenvalue weighted by atomic mass is 9.94. The van der Waals surface area contributed by atoms with Crippen molar-refractivity contribution in [3.63, 3.8) is 0 Å². The van der Waals surface area contributed by atoms with Crippen molar-refractivity contribution in [2.45, 2.75) is 57.0 Å². The predicted molar refractivity (Wildman–Crippen MR) is 56.7 cm³/mol. The van der Waals surface area contributed by atoms with Gasteiger partial charge in [-0.2, -0.15) is 0 Å². The SMILES string of the molecule is COCC(O)C1(C)CCC(C(C)(C)O)O1. The molecule has 4 nitrogen and oxygen atoms in total. The molecule has 0 spiro atoms. The monoisotopic (exact) mass is 218 g/mol. The van der Waals surface area contributed by atoms with E-state index in [-0.39, 0.29) is 12.7 Å². The third kappa shape index (κ3) is 2.91. The maximum absolute atomic E-state index is 9.86. The number of aliphatic hydroxyl groups is 2. The molecule has 0 aromatic carbocycles. The molecule has 1 heterocycles. The van der Waals surface area contributed by atoms with Crippen LogP contribution in [0.5, 0.6) is 0 Å². The average molecular weight is 218 g/mol. The highest BCUT2D eigenvalue weighted by Crippen LogP contribution is 2.37. The Kier molecular flexibility index (Phi) is 3.76. The molecule has 3 unspecified atom stereocenters. The second-order valence-corrected chi connectivity index (χ2v) is 5.08. The molecule has 0 radical (unpaired) electrons. The molecule has 0 bridgehead atoms. The lowest BCUT2D eigenvalue weighted by Gasteiger charge is -2.33. The number of methoxy groups -OCH3 is 1. The zero-order valence-electron chi connectivity index (χ0n) is 9.99. The number of rotatable bonds is 4. The van der Waals surface area contributed by atoms with Crippen LogP contribution in [-0.2, 0) is 9.47 Å². The fourth-order valence-electron chi connectivity index (χ4n) is 1.94. The second kappa shape index (κ2) is 4.37. The zero-order valence-corrected chi connectivity index (χ0v) is 9.99. The highest BCUT2D eigenvalue weighted by atomic mass is 16.5. The molecular formula is C11H22O4. The molecule has 3 atom stereocenters. The smallest absolute Gasteiger partial charge is 0.106 e. The van der Waals surface area contributed by atoms with Gasteiger partial charge in [-0.05, 0) is 33.6 Å². The van der Waals surface area contributed by atoms with Crippen molar-refractivity contribution >= 4 is 0 Å². The van der Waals surface area contributed by atoms with E-state index in [9.17, 15) is 10.2 Å². The number of ether oxygens (including phenoxy) is 2. The molecule has 1 rings (SSSR count). The van der Waals surface area contributed by atoms with Gasteiger partial charge >= 0.3 is 0 Å². The van der Waals surface area contributed by atoms with Crippen molar-refractivity contribution in [3.05, 3.63) is 0 Å². The topological polar surface area (TPSA) is 58.9 Å². The summed E-state index contributed by atoms with van der Waals surface area (Å²) >= 11 is 0. The minimum atomic E-state index is -0.857. The summed E-state index contributed by atoms with van der Waals surface area (Å²) in [5, 5.41) is 19.7. The van der Waals surface area contributed by atoms with Crippen LogP contribution in [0, 0.1) is 0 Å². The Morgan fingerprint density at radius 3 is 2.60 bits per heavy atom. The van der Waals surface area contributed by atoms with Crippen LogP contribution in [0.1, 0.15) is 33.6 Å². The summed E-state index contributed by atoms with van der Waals surface area (Å²) in [7, 11) is 1.55. The molecular weight excluding hydrogens is 196 g/mol. The van der Waals surface area contributed by atoms with E-state index in [1.807, 2.05) is 6.92 Å². The molecule has 1 saturated heterocycles.